The minimum Gasteiger partial charge on any atom is -0.267 e. The van der Waals surface area contributed by atoms with Crippen molar-refractivity contribution in [2.45, 2.75) is 0 Å². The third kappa shape index (κ3) is 1.84. The topological polar surface area (TPSA) is 39.3 Å². The second kappa shape index (κ2) is 4.61. The monoisotopic (exact) mass is 311 g/mol. The van der Waals surface area contributed by atoms with Crippen molar-refractivity contribution in [3.63, 3.8) is 0 Å². The molecule has 0 aliphatic rings. The lowest BCUT2D eigenvalue weighted by Gasteiger charge is -2.04. The lowest BCUT2D eigenvalue weighted by atomic mass is 10.2. The van der Waals surface area contributed by atoms with Gasteiger partial charge >= 0.3 is 0 Å². The van der Waals surface area contributed by atoms with Gasteiger partial charge in [0.1, 0.15) is 0 Å². The molecule has 0 N–H and O–H groups in total. The molecule has 0 bridgehead atoms. The lowest BCUT2D eigenvalue weighted by Crippen LogP contribution is -2.17. The van der Waals surface area contributed by atoms with Gasteiger partial charge in [0.25, 0.3) is 5.91 Å². The molecule has 21 heavy (non-hydrogen) atoms. The van der Waals surface area contributed by atoms with E-state index in [9.17, 15) is 4.79 Å². The lowest BCUT2D eigenvalue weighted by molar-refractivity contribution is 0.0939. The van der Waals surface area contributed by atoms with E-state index in [4.69, 9.17) is 12.2 Å². The molecule has 0 spiro atoms. The predicted molar refractivity (Wildman–Crippen MR) is 85.6 cm³/mol. The van der Waals surface area contributed by atoms with Crippen molar-refractivity contribution in [2.75, 3.05) is 0 Å². The Hall–Kier alpha value is -2.31. The number of hydrogen-bond acceptors (Lipinski definition) is 4. The Morgan fingerprint density at radius 1 is 1.05 bits per heavy atom. The first-order valence-electron chi connectivity index (χ1n) is 6.35. The number of aromatic nitrogens is 3. The largest absolute Gasteiger partial charge is 0.279 e. The Kier molecular flexibility index (Phi) is 2.73. The average molecular weight is 311 g/mol. The van der Waals surface area contributed by atoms with Crippen molar-refractivity contribution in [1.82, 2.24) is 14.2 Å². The predicted octanol–water partition coefficient (Wildman–Crippen LogP) is 3.77. The number of carbonyl (C=O) groups excluding carboxylic acids is 1. The summed E-state index contributed by atoms with van der Waals surface area (Å²) in [5.74, 6) is -0.170. The normalized spacial score (nSPS) is 11.2. The quantitative estimate of drug-likeness (QED) is 0.502. The van der Waals surface area contributed by atoms with Gasteiger partial charge in [-0.2, -0.15) is 9.67 Å². The van der Waals surface area contributed by atoms with E-state index < -0.39 is 0 Å². The van der Waals surface area contributed by atoms with Gasteiger partial charge in [-0.15, -0.1) is 0 Å². The molecule has 0 amide bonds. The molecule has 4 nitrogen and oxygen atoms in total. The fourth-order valence-electron chi connectivity index (χ4n) is 2.32. The molecule has 2 heterocycles. The molecule has 0 saturated heterocycles. The average Bonchev–Trinajstić information content (AvgIpc) is 3.02. The third-order valence-electron chi connectivity index (χ3n) is 3.26. The maximum atomic E-state index is 12.7. The van der Waals surface area contributed by atoms with Crippen LogP contribution in [0.2, 0.25) is 0 Å². The number of thiazole rings is 1. The van der Waals surface area contributed by atoms with Crippen LogP contribution in [0.4, 0.5) is 0 Å². The Morgan fingerprint density at radius 2 is 1.76 bits per heavy atom. The molecule has 0 saturated carbocycles. The summed E-state index contributed by atoms with van der Waals surface area (Å²) in [6, 6.07) is 17.0. The van der Waals surface area contributed by atoms with Gasteiger partial charge in [0, 0.05) is 5.56 Å². The smallest absolute Gasteiger partial charge is 0.267 e. The molecule has 2 aromatic heterocycles. The van der Waals surface area contributed by atoms with E-state index in [1.807, 2.05) is 42.5 Å². The summed E-state index contributed by atoms with van der Waals surface area (Å²) in [6.45, 7) is 0. The second-order valence-corrected chi connectivity index (χ2v) is 5.92. The minimum absolute atomic E-state index is 0.170. The Labute approximate surface area is 128 Å². The van der Waals surface area contributed by atoms with Gasteiger partial charge in [-0.05, 0) is 36.5 Å². The van der Waals surface area contributed by atoms with Crippen molar-refractivity contribution < 1.29 is 4.79 Å². The van der Waals surface area contributed by atoms with E-state index in [2.05, 4.69) is 4.98 Å². The number of nitrogens with zero attached hydrogens (tertiary/aromatic N) is 3. The van der Waals surface area contributed by atoms with Gasteiger partial charge < -0.3 is 0 Å². The van der Waals surface area contributed by atoms with Gasteiger partial charge in [0.15, 0.2) is 0 Å². The number of benzene rings is 2. The van der Waals surface area contributed by atoms with E-state index >= 15 is 0 Å². The van der Waals surface area contributed by atoms with Gasteiger partial charge in [-0.1, -0.05) is 41.7 Å². The van der Waals surface area contributed by atoms with E-state index in [1.54, 1.807) is 16.6 Å². The Bertz CT molecular complexity index is 1030. The summed E-state index contributed by atoms with van der Waals surface area (Å²) in [6.07, 6.45) is 0. The molecule has 0 unspecified atom stereocenters. The molecular formula is C15H9N3OS2. The zero-order chi connectivity index (χ0) is 14.4. The molecule has 0 atom stereocenters. The zero-order valence-corrected chi connectivity index (χ0v) is 12.4. The molecule has 6 heteroatoms. The summed E-state index contributed by atoms with van der Waals surface area (Å²) in [5, 5.41) is 0. The van der Waals surface area contributed by atoms with Crippen LogP contribution in [0.3, 0.4) is 0 Å². The van der Waals surface area contributed by atoms with E-state index in [-0.39, 0.29) is 10.7 Å². The summed E-state index contributed by atoms with van der Waals surface area (Å²) in [5.41, 5.74) is 1.52. The summed E-state index contributed by atoms with van der Waals surface area (Å²) in [7, 11) is 0. The first kappa shape index (κ1) is 12.4. The maximum absolute atomic E-state index is 12.7. The number of para-hydroxylation sites is 1. The van der Waals surface area contributed by atoms with Gasteiger partial charge in [0.2, 0.25) is 9.73 Å². The SMILES string of the molecule is O=C(c1ccccc1)n1c(=S)nc2sc3ccccc3n21. The van der Waals surface area contributed by atoms with E-state index in [0.717, 1.165) is 15.2 Å². The molecule has 0 aliphatic heterocycles. The first-order valence-corrected chi connectivity index (χ1v) is 7.57. The summed E-state index contributed by atoms with van der Waals surface area (Å²) >= 11 is 6.78. The highest BCUT2D eigenvalue weighted by molar-refractivity contribution is 7.71. The third-order valence-corrected chi connectivity index (χ3v) is 4.54. The van der Waals surface area contributed by atoms with Crippen LogP contribution in [0.1, 0.15) is 10.4 Å². The van der Waals surface area contributed by atoms with Crippen molar-refractivity contribution in [3.8, 4) is 0 Å². The minimum atomic E-state index is -0.170. The number of hydrogen-bond donors (Lipinski definition) is 0. The van der Waals surface area contributed by atoms with Gasteiger partial charge in [-0.25, -0.2) is 4.52 Å². The zero-order valence-electron chi connectivity index (χ0n) is 10.8. The van der Waals surface area contributed by atoms with Crippen molar-refractivity contribution in [3.05, 3.63) is 64.9 Å². The van der Waals surface area contributed by atoms with Crippen molar-refractivity contribution in [2.24, 2.45) is 0 Å². The van der Waals surface area contributed by atoms with Crippen LogP contribution >= 0.6 is 23.6 Å². The highest BCUT2D eigenvalue weighted by Crippen LogP contribution is 2.25. The van der Waals surface area contributed by atoms with Gasteiger partial charge in [0.05, 0.1) is 10.2 Å². The van der Waals surface area contributed by atoms with Crippen LogP contribution in [-0.2, 0) is 0 Å². The fourth-order valence-corrected chi connectivity index (χ4v) is 3.63. The second-order valence-electron chi connectivity index (χ2n) is 4.54. The number of rotatable bonds is 1. The molecular weight excluding hydrogens is 302 g/mol. The number of fused-ring (bicyclic) bond motifs is 3. The van der Waals surface area contributed by atoms with Crippen LogP contribution in [0, 0.1) is 4.77 Å². The van der Waals surface area contributed by atoms with Crippen molar-refractivity contribution >= 4 is 44.6 Å². The molecule has 102 valence electrons. The number of carbonyl (C=O) groups is 1. The molecule has 0 fully saturated rings. The Balaban J connectivity index is 2.06. The van der Waals surface area contributed by atoms with E-state index in [0.29, 0.717) is 5.56 Å². The van der Waals surface area contributed by atoms with Crippen LogP contribution in [0.25, 0.3) is 15.2 Å². The fraction of sp³-hybridized carbons (Fsp3) is 0. The molecule has 4 rings (SSSR count). The van der Waals surface area contributed by atoms with Crippen LogP contribution in [0.5, 0.6) is 0 Å². The van der Waals surface area contributed by atoms with Crippen LogP contribution in [0.15, 0.2) is 54.6 Å². The molecule has 4 aromatic rings. The maximum Gasteiger partial charge on any atom is 0.279 e. The van der Waals surface area contributed by atoms with E-state index in [1.165, 1.54) is 16.0 Å². The van der Waals surface area contributed by atoms with Crippen LogP contribution in [-0.4, -0.2) is 20.1 Å². The highest BCUT2D eigenvalue weighted by Gasteiger charge is 2.17. The highest BCUT2D eigenvalue weighted by atomic mass is 32.1. The summed E-state index contributed by atoms with van der Waals surface area (Å²) in [4.78, 5) is 17.8. The first-order chi connectivity index (χ1) is 10.3. The Morgan fingerprint density at radius 3 is 2.57 bits per heavy atom. The molecule has 0 radical (unpaired) electrons. The van der Waals surface area contributed by atoms with Crippen LogP contribution < -0.4 is 0 Å². The summed E-state index contributed by atoms with van der Waals surface area (Å²) < 4.78 is 4.60. The molecule has 0 aliphatic carbocycles. The van der Waals surface area contributed by atoms with Crippen molar-refractivity contribution in [1.29, 1.82) is 0 Å². The van der Waals surface area contributed by atoms with Gasteiger partial charge in [-0.3, -0.25) is 4.79 Å². The molecule has 2 aromatic carbocycles. The standard InChI is InChI=1S/C15H9N3OS2/c19-13(10-6-2-1-3-7-10)18-14(20)16-15-17(18)11-8-4-5-9-12(11)21-15/h1-9H.